The van der Waals surface area contributed by atoms with Gasteiger partial charge in [-0.3, -0.25) is 0 Å². The van der Waals surface area contributed by atoms with Gasteiger partial charge in [0, 0.05) is 76.6 Å². The van der Waals surface area contributed by atoms with Crippen molar-refractivity contribution in [2.75, 3.05) is 9.80 Å². The van der Waals surface area contributed by atoms with Crippen LogP contribution in [0.5, 0.6) is 0 Å². The van der Waals surface area contributed by atoms with Crippen LogP contribution in [-0.2, 0) is 0 Å². The summed E-state index contributed by atoms with van der Waals surface area (Å²) in [5, 5.41) is 0. The van der Waals surface area contributed by atoms with Crippen LogP contribution in [0.3, 0.4) is 0 Å². The molecule has 7 heteroatoms. The van der Waals surface area contributed by atoms with Crippen LogP contribution in [0.15, 0.2) is 315 Å². The van der Waals surface area contributed by atoms with Gasteiger partial charge in [0.25, 0.3) is 0 Å². The molecule has 0 atom stereocenters. The zero-order chi connectivity index (χ0) is 55.3. The third-order valence-electron chi connectivity index (χ3n) is 15.4. The lowest BCUT2D eigenvalue weighted by atomic mass is 9.79. The van der Waals surface area contributed by atoms with Gasteiger partial charge in [0.05, 0.1) is 11.7 Å². The maximum Gasteiger partial charge on any atom is 0.114 e. The molecular formula is C76H54N4S3. The number of fused-ring (bicyclic) bond motifs is 1. The second-order valence-corrected chi connectivity index (χ2v) is 23.3. The Balaban J connectivity index is 0.863. The normalized spacial score (nSPS) is 11.3. The summed E-state index contributed by atoms with van der Waals surface area (Å²) in [5.74, 6) is 0.0487. The largest absolute Gasteiger partial charge is 0.310 e. The highest BCUT2D eigenvalue weighted by molar-refractivity contribution is 7.19. The van der Waals surface area contributed by atoms with E-state index >= 15 is 0 Å². The third-order valence-corrected chi connectivity index (χ3v) is 18.2. The van der Waals surface area contributed by atoms with Gasteiger partial charge in [0.2, 0.25) is 0 Å². The first-order chi connectivity index (χ1) is 41.2. The standard InChI is InChI=1S/C76H54N4S3/c1-9-25-53(26-10-1)73(54-27-11-2-12-28-54)59-47-57(48-60(49-59)74(55-29-13-3-14-30-55)56-31-15-4-16-32-56)69-43-45-71(81-69)67-41-42-68(76-75(67)77-83-78-76)72-46-44-70(82-72)58-50-65(79(61-33-17-5-18-34-61)62-35-19-6-20-36-62)52-66(51-58)80(63-37-21-7-22-38-63)64-39-23-8-24-40-64/h1-52,73-74H. The van der Waals surface area contributed by atoms with Crippen LogP contribution in [0.25, 0.3) is 52.8 Å². The van der Waals surface area contributed by atoms with Gasteiger partial charge in [-0.25, -0.2) is 0 Å². The second kappa shape index (κ2) is 23.4. The molecule has 0 bridgehead atoms. The number of hydrogen-bond donors (Lipinski definition) is 0. The molecule has 0 saturated carbocycles. The van der Waals surface area contributed by atoms with E-state index in [0.717, 1.165) is 76.5 Å². The van der Waals surface area contributed by atoms with Gasteiger partial charge >= 0.3 is 0 Å². The van der Waals surface area contributed by atoms with Crippen LogP contribution in [0, 0.1) is 0 Å². The van der Waals surface area contributed by atoms with Crippen molar-refractivity contribution in [1.29, 1.82) is 0 Å². The molecule has 0 fully saturated rings. The number of aromatic nitrogens is 2. The predicted molar refractivity (Wildman–Crippen MR) is 352 cm³/mol. The minimum atomic E-state index is 0.0243. The van der Waals surface area contributed by atoms with Crippen molar-refractivity contribution in [3.8, 4) is 41.8 Å². The Kier molecular flexibility index (Phi) is 14.5. The Hall–Kier alpha value is -9.76. The predicted octanol–water partition coefficient (Wildman–Crippen LogP) is 21.8. The van der Waals surface area contributed by atoms with Gasteiger partial charge in [-0.05, 0) is 148 Å². The fourth-order valence-corrected chi connectivity index (χ4v) is 14.2. The van der Waals surface area contributed by atoms with Crippen molar-refractivity contribution >= 4 is 79.6 Å². The average Bonchev–Trinajstić information content (AvgIpc) is 4.51. The highest BCUT2D eigenvalue weighted by atomic mass is 32.1. The van der Waals surface area contributed by atoms with E-state index in [-0.39, 0.29) is 11.8 Å². The summed E-state index contributed by atoms with van der Waals surface area (Å²) in [6.45, 7) is 0. The molecule has 0 unspecified atom stereocenters. The minimum Gasteiger partial charge on any atom is -0.310 e. The molecule has 396 valence electrons. The van der Waals surface area contributed by atoms with Crippen LogP contribution in [0.1, 0.15) is 45.2 Å². The third kappa shape index (κ3) is 10.6. The summed E-state index contributed by atoms with van der Waals surface area (Å²) >= 11 is 4.88. The van der Waals surface area contributed by atoms with E-state index in [1.807, 2.05) is 11.3 Å². The maximum absolute atomic E-state index is 5.05. The molecular weight excluding hydrogens is 1070 g/mol. The maximum atomic E-state index is 5.05. The van der Waals surface area contributed by atoms with E-state index in [1.54, 1.807) is 11.3 Å². The lowest BCUT2D eigenvalue weighted by molar-refractivity contribution is 0.941. The highest BCUT2D eigenvalue weighted by Gasteiger charge is 2.25. The number of nitrogens with zero attached hydrogens (tertiary/aromatic N) is 4. The van der Waals surface area contributed by atoms with Crippen LogP contribution in [0.4, 0.5) is 34.1 Å². The van der Waals surface area contributed by atoms with Gasteiger partial charge in [-0.15, -0.1) is 22.7 Å². The smallest absolute Gasteiger partial charge is 0.114 e. The first-order valence-electron chi connectivity index (χ1n) is 27.9. The second-order valence-electron chi connectivity index (χ2n) is 20.6. The lowest BCUT2D eigenvalue weighted by Gasteiger charge is -2.30. The number of para-hydroxylation sites is 4. The molecule has 14 aromatic rings. The average molecular weight is 1120 g/mol. The summed E-state index contributed by atoms with van der Waals surface area (Å²) in [4.78, 5) is 9.34. The molecule has 0 amide bonds. The van der Waals surface area contributed by atoms with E-state index in [0.29, 0.717) is 0 Å². The molecule has 0 aliphatic rings. The Morgan fingerprint density at radius 3 is 0.855 bits per heavy atom. The van der Waals surface area contributed by atoms with E-state index in [2.05, 4.69) is 325 Å². The number of anilines is 6. The Morgan fingerprint density at radius 2 is 0.530 bits per heavy atom. The van der Waals surface area contributed by atoms with Crippen molar-refractivity contribution in [1.82, 2.24) is 8.75 Å². The number of hydrogen-bond acceptors (Lipinski definition) is 7. The highest BCUT2D eigenvalue weighted by Crippen LogP contribution is 2.48. The van der Waals surface area contributed by atoms with Gasteiger partial charge in [0.1, 0.15) is 11.0 Å². The monoisotopic (exact) mass is 1120 g/mol. The summed E-state index contributed by atoms with van der Waals surface area (Å²) in [7, 11) is 0. The van der Waals surface area contributed by atoms with E-state index < -0.39 is 0 Å². The molecule has 4 nitrogen and oxygen atoms in total. The van der Waals surface area contributed by atoms with E-state index in [1.165, 1.54) is 55.5 Å². The number of thiophene rings is 2. The first kappa shape index (κ1) is 51.4. The van der Waals surface area contributed by atoms with Gasteiger partial charge < -0.3 is 9.80 Å². The van der Waals surface area contributed by atoms with E-state index in [9.17, 15) is 0 Å². The minimum absolute atomic E-state index is 0.0243. The van der Waals surface area contributed by atoms with Crippen molar-refractivity contribution in [2.24, 2.45) is 0 Å². The molecule has 0 saturated heterocycles. The Bertz CT molecular complexity index is 3790. The fourth-order valence-electron chi connectivity index (χ4n) is 11.6. The van der Waals surface area contributed by atoms with Crippen LogP contribution < -0.4 is 9.80 Å². The Labute approximate surface area is 497 Å². The zero-order valence-electron chi connectivity index (χ0n) is 45.2. The molecule has 83 heavy (non-hydrogen) atoms. The summed E-state index contributed by atoms with van der Waals surface area (Å²) < 4.78 is 10.1. The van der Waals surface area contributed by atoms with Gasteiger partial charge in [-0.1, -0.05) is 212 Å². The zero-order valence-corrected chi connectivity index (χ0v) is 47.6. The first-order valence-corrected chi connectivity index (χ1v) is 30.3. The molecule has 11 aromatic carbocycles. The molecule has 3 aromatic heterocycles. The van der Waals surface area contributed by atoms with E-state index in [4.69, 9.17) is 8.75 Å². The summed E-state index contributed by atoms with van der Waals surface area (Å²) in [6.07, 6.45) is 0. The van der Waals surface area contributed by atoms with Crippen LogP contribution >= 0.6 is 34.4 Å². The van der Waals surface area contributed by atoms with Gasteiger partial charge in [0.15, 0.2) is 0 Å². The van der Waals surface area contributed by atoms with Gasteiger partial charge in [-0.2, -0.15) is 8.75 Å². The van der Waals surface area contributed by atoms with Crippen LogP contribution in [0.2, 0.25) is 0 Å². The molecule has 0 spiro atoms. The summed E-state index contributed by atoms with van der Waals surface area (Å²) in [6, 6.07) is 114. The fraction of sp³-hybridized carbons (Fsp3) is 0.0263. The van der Waals surface area contributed by atoms with Crippen molar-refractivity contribution in [3.05, 3.63) is 349 Å². The lowest BCUT2D eigenvalue weighted by Crippen LogP contribution is -2.13. The quantitative estimate of drug-likeness (QED) is 0.0903. The van der Waals surface area contributed by atoms with Crippen molar-refractivity contribution in [2.45, 2.75) is 11.8 Å². The molecule has 0 radical (unpaired) electrons. The van der Waals surface area contributed by atoms with Crippen LogP contribution in [-0.4, -0.2) is 8.75 Å². The van der Waals surface area contributed by atoms with Crippen molar-refractivity contribution in [3.63, 3.8) is 0 Å². The molecule has 14 rings (SSSR count). The number of rotatable bonds is 16. The summed E-state index contributed by atoms with van der Waals surface area (Å²) in [5.41, 5.74) is 20.2. The molecule has 0 N–H and O–H groups in total. The topological polar surface area (TPSA) is 32.3 Å². The van der Waals surface area contributed by atoms with Crippen molar-refractivity contribution < 1.29 is 0 Å². The molecule has 0 aliphatic carbocycles. The SMILES string of the molecule is c1ccc(C(c2ccccc2)c2cc(-c3ccc(-c4ccc(-c5ccc(-c6cc(N(c7ccccc7)c7ccccc7)cc(N(c7ccccc7)c7ccccc7)c6)s5)c5nsnc45)s3)cc(C(c3ccccc3)c3ccccc3)c2)cc1. The Morgan fingerprint density at radius 1 is 0.241 bits per heavy atom. The molecule has 0 aliphatic heterocycles. The molecule has 3 heterocycles. The number of benzene rings is 11.